The van der Waals surface area contributed by atoms with Crippen molar-refractivity contribution in [2.24, 2.45) is 5.92 Å². The zero-order valence-corrected chi connectivity index (χ0v) is 11.0. The molecule has 0 aromatic heterocycles. The number of nitrogen functional groups attached to an aromatic ring is 1. The number of piperidine rings is 1. The maximum atomic E-state index is 9.31. The molecule has 5 heteroatoms. The Balaban J connectivity index is 1.87. The smallest absolute Gasteiger partial charge is 0.163 e. The number of benzene rings is 1. The Morgan fingerprint density at radius 2 is 2.00 bits per heavy atom. The van der Waals surface area contributed by atoms with Crippen molar-refractivity contribution in [2.75, 3.05) is 43.5 Å². The van der Waals surface area contributed by atoms with Crippen LogP contribution in [0.15, 0.2) is 12.1 Å². The van der Waals surface area contributed by atoms with Gasteiger partial charge in [-0.25, -0.2) is 0 Å². The first-order chi connectivity index (χ1) is 9.28. The fourth-order valence-electron chi connectivity index (χ4n) is 2.80. The maximum absolute atomic E-state index is 9.31. The van der Waals surface area contributed by atoms with Gasteiger partial charge in [0.1, 0.15) is 13.2 Å². The summed E-state index contributed by atoms with van der Waals surface area (Å²) in [5.74, 6) is 1.83. The highest BCUT2D eigenvalue weighted by atomic mass is 16.6. The molecule has 1 aromatic carbocycles. The molecule has 0 amide bonds. The molecule has 2 aliphatic heterocycles. The number of anilines is 2. The second-order valence-corrected chi connectivity index (χ2v) is 5.19. The number of aliphatic hydroxyl groups is 1. The molecule has 2 heterocycles. The Labute approximate surface area is 112 Å². The number of fused-ring (bicyclic) bond motifs is 1. The molecule has 0 aliphatic carbocycles. The van der Waals surface area contributed by atoms with Gasteiger partial charge < -0.3 is 25.2 Å². The Morgan fingerprint density at radius 1 is 1.26 bits per heavy atom. The minimum Gasteiger partial charge on any atom is -0.486 e. The van der Waals surface area contributed by atoms with E-state index in [4.69, 9.17) is 15.2 Å². The van der Waals surface area contributed by atoms with Gasteiger partial charge in [0.2, 0.25) is 0 Å². The van der Waals surface area contributed by atoms with E-state index in [0.29, 0.717) is 24.8 Å². The molecule has 19 heavy (non-hydrogen) atoms. The van der Waals surface area contributed by atoms with Crippen LogP contribution in [0, 0.1) is 5.92 Å². The van der Waals surface area contributed by atoms with Crippen LogP contribution in [0.1, 0.15) is 12.8 Å². The molecular weight excluding hydrogens is 244 g/mol. The molecule has 1 aromatic rings. The van der Waals surface area contributed by atoms with Crippen LogP contribution < -0.4 is 20.1 Å². The summed E-state index contributed by atoms with van der Waals surface area (Å²) < 4.78 is 11.1. The summed E-state index contributed by atoms with van der Waals surface area (Å²) in [5, 5.41) is 9.31. The van der Waals surface area contributed by atoms with Crippen molar-refractivity contribution in [3.8, 4) is 11.5 Å². The third-order valence-electron chi connectivity index (χ3n) is 3.81. The highest BCUT2D eigenvalue weighted by molar-refractivity contribution is 5.73. The third-order valence-corrected chi connectivity index (χ3v) is 3.81. The summed E-state index contributed by atoms with van der Waals surface area (Å²) in [6, 6.07) is 3.80. The van der Waals surface area contributed by atoms with E-state index in [-0.39, 0.29) is 6.61 Å². The molecule has 1 unspecified atom stereocenters. The molecule has 0 spiro atoms. The van der Waals surface area contributed by atoms with Gasteiger partial charge in [0.25, 0.3) is 0 Å². The van der Waals surface area contributed by atoms with Gasteiger partial charge in [-0.1, -0.05) is 0 Å². The van der Waals surface area contributed by atoms with Gasteiger partial charge in [-0.05, 0) is 18.8 Å². The van der Waals surface area contributed by atoms with Crippen LogP contribution in [0.3, 0.4) is 0 Å². The lowest BCUT2D eigenvalue weighted by Gasteiger charge is -2.35. The summed E-state index contributed by atoms with van der Waals surface area (Å²) in [6.45, 7) is 3.21. The van der Waals surface area contributed by atoms with Crippen LogP contribution in [-0.4, -0.2) is 38.0 Å². The topological polar surface area (TPSA) is 68.0 Å². The Morgan fingerprint density at radius 3 is 2.74 bits per heavy atom. The van der Waals surface area contributed by atoms with Crippen molar-refractivity contribution >= 4 is 11.4 Å². The Bertz CT molecular complexity index is 464. The standard InChI is InChI=1S/C14H20N2O3/c15-11-6-13-14(19-5-4-18-13)7-12(11)16-3-1-2-10(8-16)9-17/h6-7,10,17H,1-5,8-9,15H2. The molecule has 0 bridgehead atoms. The summed E-state index contributed by atoms with van der Waals surface area (Å²) in [5.41, 5.74) is 7.82. The second-order valence-electron chi connectivity index (χ2n) is 5.19. The number of nitrogens with zero attached hydrogens (tertiary/aromatic N) is 1. The lowest BCUT2D eigenvalue weighted by Crippen LogP contribution is -2.37. The van der Waals surface area contributed by atoms with Gasteiger partial charge in [0.15, 0.2) is 11.5 Å². The molecule has 0 radical (unpaired) electrons. The lowest BCUT2D eigenvalue weighted by atomic mass is 9.98. The van der Waals surface area contributed by atoms with E-state index in [9.17, 15) is 5.11 Å². The number of hydrogen-bond donors (Lipinski definition) is 2. The fourth-order valence-corrected chi connectivity index (χ4v) is 2.80. The van der Waals surface area contributed by atoms with E-state index in [1.54, 1.807) is 0 Å². The average Bonchev–Trinajstić information content (AvgIpc) is 2.46. The summed E-state index contributed by atoms with van der Waals surface area (Å²) in [4.78, 5) is 2.23. The molecule has 3 rings (SSSR count). The Hall–Kier alpha value is -1.62. The number of hydrogen-bond acceptors (Lipinski definition) is 5. The minimum absolute atomic E-state index is 0.237. The van der Waals surface area contributed by atoms with Crippen LogP contribution in [0.2, 0.25) is 0 Å². The average molecular weight is 264 g/mol. The predicted octanol–water partition coefficient (Wildman–Crippen LogP) is 1.25. The normalized spacial score (nSPS) is 22.4. The highest BCUT2D eigenvalue weighted by Gasteiger charge is 2.23. The number of nitrogens with two attached hydrogens (primary N) is 1. The first kappa shape index (κ1) is 12.4. The van der Waals surface area contributed by atoms with Crippen LogP contribution >= 0.6 is 0 Å². The van der Waals surface area contributed by atoms with E-state index in [1.165, 1.54) is 0 Å². The van der Waals surface area contributed by atoms with Crippen molar-refractivity contribution in [3.63, 3.8) is 0 Å². The molecule has 104 valence electrons. The first-order valence-electron chi connectivity index (χ1n) is 6.83. The second kappa shape index (κ2) is 5.17. The zero-order chi connectivity index (χ0) is 13.2. The van der Waals surface area contributed by atoms with Gasteiger partial charge in [-0.3, -0.25) is 0 Å². The molecule has 1 saturated heterocycles. The van der Waals surface area contributed by atoms with Gasteiger partial charge in [-0.2, -0.15) is 0 Å². The largest absolute Gasteiger partial charge is 0.486 e. The summed E-state index contributed by atoms with van der Waals surface area (Å²) >= 11 is 0. The van der Waals surface area contributed by atoms with Crippen molar-refractivity contribution in [1.29, 1.82) is 0 Å². The summed E-state index contributed by atoms with van der Waals surface area (Å²) in [7, 11) is 0. The van der Waals surface area contributed by atoms with Crippen molar-refractivity contribution in [2.45, 2.75) is 12.8 Å². The monoisotopic (exact) mass is 264 g/mol. The van der Waals surface area contributed by atoms with Crippen molar-refractivity contribution < 1.29 is 14.6 Å². The molecule has 5 nitrogen and oxygen atoms in total. The molecule has 3 N–H and O–H groups in total. The van der Waals surface area contributed by atoms with Crippen molar-refractivity contribution in [1.82, 2.24) is 0 Å². The molecule has 2 aliphatic rings. The zero-order valence-electron chi connectivity index (χ0n) is 11.0. The maximum Gasteiger partial charge on any atom is 0.163 e. The lowest BCUT2D eigenvalue weighted by molar-refractivity contribution is 0.171. The van der Waals surface area contributed by atoms with E-state index in [1.807, 2.05) is 12.1 Å². The molecule has 1 atom stereocenters. The van der Waals surface area contributed by atoms with E-state index < -0.39 is 0 Å². The SMILES string of the molecule is Nc1cc2c(cc1N1CCCC(CO)C1)OCCO2. The van der Waals surface area contributed by atoms with E-state index >= 15 is 0 Å². The molecule has 0 saturated carbocycles. The molecule has 1 fully saturated rings. The van der Waals surface area contributed by atoms with Crippen LogP contribution in [0.5, 0.6) is 11.5 Å². The first-order valence-corrected chi connectivity index (χ1v) is 6.83. The van der Waals surface area contributed by atoms with Gasteiger partial charge >= 0.3 is 0 Å². The highest BCUT2D eigenvalue weighted by Crippen LogP contribution is 2.39. The minimum atomic E-state index is 0.237. The third kappa shape index (κ3) is 2.42. The van der Waals surface area contributed by atoms with Gasteiger partial charge in [0.05, 0.1) is 11.4 Å². The summed E-state index contributed by atoms with van der Waals surface area (Å²) in [6.07, 6.45) is 2.16. The Kier molecular flexibility index (Phi) is 3.38. The fraction of sp³-hybridized carbons (Fsp3) is 0.571. The van der Waals surface area contributed by atoms with E-state index in [2.05, 4.69) is 4.90 Å². The predicted molar refractivity (Wildman–Crippen MR) is 73.9 cm³/mol. The quantitative estimate of drug-likeness (QED) is 0.787. The van der Waals surface area contributed by atoms with Gasteiger partial charge in [0, 0.05) is 31.8 Å². The van der Waals surface area contributed by atoms with E-state index in [0.717, 1.165) is 43.1 Å². The number of aliphatic hydroxyl groups excluding tert-OH is 1. The van der Waals surface area contributed by atoms with Crippen LogP contribution in [0.25, 0.3) is 0 Å². The van der Waals surface area contributed by atoms with Crippen LogP contribution in [0.4, 0.5) is 11.4 Å². The van der Waals surface area contributed by atoms with Crippen molar-refractivity contribution in [3.05, 3.63) is 12.1 Å². The van der Waals surface area contributed by atoms with Crippen LogP contribution in [-0.2, 0) is 0 Å². The van der Waals surface area contributed by atoms with Gasteiger partial charge in [-0.15, -0.1) is 0 Å². The number of ether oxygens (including phenoxy) is 2. The molecular formula is C14H20N2O3. The number of rotatable bonds is 2.